The van der Waals surface area contributed by atoms with Gasteiger partial charge >= 0.3 is 0 Å². The number of rotatable bonds is 5. The molecule has 2 nitrogen and oxygen atoms in total. The highest BCUT2D eigenvalue weighted by Crippen LogP contribution is 1.94. The molecule has 0 aliphatic heterocycles. The van der Waals surface area contributed by atoms with Crippen LogP contribution in [0.25, 0.3) is 0 Å². The fourth-order valence-electron chi connectivity index (χ4n) is 0.382. The van der Waals surface area contributed by atoms with Crippen molar-refractivity contribution in [3.63, 3.8) is 0 Å². The molecule has 0 heterocycles. The summed E-state index contributed by atoms with van der Waals surface area (Å²) >= 11 is 5.44. The molecular formula is C7H13ClO2. The number of halogens is 1. The van der Waals surface area contributed by atoms with Gasteiger partial charge in [-0.25, -0.2) is 0 Å². The number of Topliss-reactive ketones (excluding diaryl/α,β-unsaturated/α-hetero) is 1. The summed E-state index contributed by atoms with van der Waals surface area (Å²) < 4.78 is 5.06. The van der Waals surface area contributed by atoms with Gasteiger partial charge in [0.25, 0.3) is 0 Å². The Labute approximate surface area is 66.5 Å². The molecule has 1 unspecified atom stereocenters. The Morgan fingerprint density at radius 2 is 2.30 bits per heavy atom. The fraction of sp³-hybridized carbons (Fsp3) is 0.857. The Balaban J connectivity index is 3.26. The molecule has 0 saturated carbocycles. The van der Waals surface area contributed by atoms with Crippen molar-refractivity contribution in [1.29, 1.82) is 0 Å². The van der Waals surface area contributed by atoms with Crippen LogP contribution in [0.2, 0.25) is 0 Å². The predicted octanol–water partition coefficient (Wildman–Crippen LogP) is 1.61. The van der Waals surface area contributed by atoms with Gasteiger partial charge in [-0.3, -0.25) is 4.79 Å². The molecular weight excluding hydrogens is 152 g/mol. The molecule has 0 saturated heterocycles. The Kier molecular flexibility index (Phi) is 5.64. The lowest BCUT2D eigenvalue weighted by Crippen LogP contribution is -2.15. The molecule has 0 fully saturated rings. The summed E-state index contributed by atoms with van der Waals surface area (Å²) in [7, 11) is 0. The van der Waals surface area contributed by atoms with Gasteiger partial charge in [-0.1, -0.05) is 6.92 Å². The van der Waals surface area contributed by atoms with E-state index in [1.807, 2.05) is 13.8 Å². The maximum Gasteiger partial charge on any atom is 0.158 e. The molecule has 3 heteroatoms. The quantitative estimate of drug-likeness (QED) is 0.578. The Morgan fingerprint density at radius 3 is 2.70 bits per heavy atom. The van der Waals surface area contributed by atoms with Crippen molar-refractivity contribution < 1.29 is 9.53 Å². The van der Waals surface area contributed by atoms with Crippen molar-refractivity contribution in [1.82, 2.24) is 0 Å². The highest BCUT2D eigenvalue weighted by atomic mass is 35.5. The molecule has 0 aliphatic rings. The van der Waals surface area contributed by atoms with E-state index in [-0.39, 0.29) is 18.5 Å². The van der Waals surface area contributed by atoms with E-state index in [4.69, 9.17) is 16.3 Å². The topological polar surface area (TPSA) is 26.3 Å². The van der Waals surface area contributed by atoms with Gasteiger partial charge in [0.2, 0.25) is 0 Å². The summed E-state index contributed by atoms with van der Waals surface area (Å²) in [6, 6.07) is 0. The standard InChI is InChI=1S/C7H13ClO2/c1-3-7(9)5-10-6(2)4-8/h6H,3-5H2,1-2H3. The van der Waals surface area contributed by atoms with E-state index in [1.165, 1.54) is 0 Å². The maximum absolute atomic E-state index is 10.7. The lowest BCUT2D eigenvalue weighted by Gasteiger charge is -2.06. The number of hydrogen-bond donors (Lipinski definition) is 0. The molecule has 0 spiro atoms. The summed E-state index contributed by atoms with van der Waals surface area (Å²) in [6.45, 7) is 3.86. The third kappa shape index (κ3) is 4.77. The first kappa shape index (κ1) is 9.92. The second kappa shape index (κ2) is 5.69. The van der Waals surface area contributed by atoms with Crippen LogP contribution in [-0.4, -0.2) is 24.4 Å². The minimum atomic E-state index is -0.0165. The zero-order chi connectivity index (χ0) is 7.98. The van der Waals surface area contributed by atoms with E-state index in [0.717, 1.165) is 0 Å². The zero-order valence-electron chi connectivity index (χ0n) is 6.39. The van der Waals surface area contributed by atoms with Gasteiger partial charge in [0.05, 0.1) is 6.10 Å². The van der Waals surface area contributed by atoms with E-state index in [9.17, 15) is 4.79 Å². The van der Waals surface area contributed by atoms with Crippen LogP contribution in [-0.2, 0) is 9.53 Å². The molecule has 0 aromatic heterocycles. The third-order valence-corrected chi connectivity index (χ3v) is 1.58. The summed E-state index contributed by atoms with van der Waals surface area (Å²) in [4.78, 5) is 10.7. The first-order chi connectivity index (χ1) is 4.70. The minimum absolute atomic E-state index is 0.0165. The van der Waals surface area contributed by atoms with E-state index in [1.54, 1.807) is 0 Å². The van der Waals surface area contributed by atoms with E-state index < -0.39 is 0 Å². The number of carbonyl (C=O) groups is 1. The molecule has 60 valence electrons. The van der Waals surface area contributed by atoms with Crippen molar-refractivity contribution in [2.75, 3.05) is 12.5 Å². The van der Waals surface area contributed by atoms with Crippen LogP contribution in [0, 0.1) is 0 Å². The van der Waals surface area contributed by atoms with Crippen LogP contribution in [0.15, 0.2) is 0 Å². The SMILES string of the molecule is CCC(=O)COC(C)CCl. The lowest BCUT2D eigenvalue weighted by molar-refractivity contribution is -0.124. The molecule has 0 rings (SSSR count). The Hall–Kier alpha value is -0.0800. The summed E-state index contributed by atoms with van der Waals surface area (Å²) in [6.07, 6.45) is 0.520. The van der Waals surface area contributed by atoms with Crippen LogP contribution < -0.4 is 0 Å². The molecule has 0 N–H and O–H groups in total. The normalized spacial score (nSPS) is 13.1. The van der Waals surface area contributed by atoms with Crippen LogP contribution in [0.4, 0.5) is 0 Å². The summed E-state index contributed by atoms with van der Waals surface area (Å²) in [5, 5.41) is 0. The second-order valence-electron chi connectivity index (χ2n) is 2.17. The number of carbonyl (C=O) groups excluding carboxylic acids is 1. The second-order valence-corrected chi connectivity index (χ2v) is 2.48. The molecule has 1 atom stereocenters. The van der Waals surface area contributed by atoms with Crippen LogP contribution in [0.1, 0.15) is 20.3 Å². The monoisotopic (exact) mass is 164 g/mol. The van der Waals surface area contributed by atoms with E-state index in [2.05, 4.69) is 0 Å². The van der Waals surface area contributed by atoms with Gasteiger partial charge in [-0.2, -0.15) is 0 Å². The number of hydrogen-bond acceptors (Lipinski definition) is 2. The van der Waals surface area contributed by atoms with Crippen molar-refractivity contribution in [3.8, 4) is 0 Å². The van der Waals surface area contributed by atoms with Gasteiger partial charge in [0, 0.05) is 12.3 Å². The molecule has 0 aromatic carbocycles. The van der Waals surface area contributed by atoms with Gasteiger partial charge in [0.15, 0.2) is 5.78 Å². The van der Waals surface area contributed by atoms with E-state index in [0.29, 0.717) is 12.3 Å². The van der Waals surface area contributed by atoms with Gasteiger partial charge < -0.3 is 4.74 Å². The summed E-state index contributed by atoms with van der Waals surface area (Å²) in [5.74, 6) is 0.564. The smallest absolute Gasteiger partial charge is 0.158 e. The molecule has 0 aliphatic carbocycles. The zero-order valence-corrected chi connectivity index (χ0v) is 7.15. The first-order valence-corrected chi connectivity index (χ1v) is 3.93. The fourth-order valence-corrected chi connectivity index (χ4v) is 0.471. The molecule has 0 radical (unpaired) electrons. The van der Waals surface area contributed by atoms with Crippen LogP contribution >= 0.6 is 11.6 Å². The largest absolute Gasteiger partial charge is 0.370 e. The van der Waals surface area contributed by atoms with Gasteiger partial charge in [0.1, 0.15) is 6.61 Å². The predicted molar refractivity (Wildman–Crippen MR) is 41.4 cm³/mol. The summed E-state index contributed by atoms with van der Waals surface area (Å²) in [5.41, 5.74) is 0. The number of ether oxygens (including phenoxy) is 1. The third-order valence-electron chi connectivity index (χ3n) is 1.14. The highest BCUT2D eigenvalue weighted by molar-refractivity contribution is 6.18. The van der Waals surface area contributed by atoms with Crippen molar-refractivity contribution in [3.05, 3.63) is 0 Å². The first-order valence-electron chi connectivity index (χ1n) is 3.40. The molecule has 0 bridgehead atoms. The molecule has 0 aromatic rings. The average molecular weight is 165 g/mol. The number of ketones is 1. The molecule has 0 amide bonds. The highest BCUT2D eigenvalue weighted by Gasteiger charge is 2.02. The van der Waals surface area contributed by atoms with Gasteiger partial charge in [-0.05, 0) is 6.92 Å². The van der Waals surface area contributed by atoms with Crippen molar-refractivity contribution in [2.45, 2.75) is 26.4 Å². The Bertz CT molecular complexity index is 104. The lowest BCUT2D eigenvalue weighted by atomic mass is 10.3. The maximum atomic E-state index is 10.7. The average Bonchev–Trinajstić information content (AvgIpc) is 1.99. The van der Waals surface area contributed by atoms with Crippen molar-refractivity contribution >= 4 is 17.4 Å². The van der Waals surface area contributed by atoms with Crippen LogP contribution in [0.5, 0.6) is 0 Å². The van der Waals surface area contributed by atoms with Crippen molar-refractivity contribution in [2.24, 2.45) is 0 Å². The number of alkyl halides is 1. The van der Waals surface area contributed by atoms with Gasteiger partial charge in [-0.15, -0.1) is 11.6 Å². The minimum Gasteiger partial charge on any atom is -0.370 e. The van der Waals surface area contributed by atoms with E-state index >= 15 is 0 Å². The Morgan fingerprint density at radius 1 is 1.70 bits per heavy atom. The molecule has 10 heavy (non-hydrogen) atoms. The van der Waals surface area contributed by atoms with Crippen LogP contribution in [0.3, 0.4) is 0 Å².